The highest BCUT2D eigenvalue weighted by Gasteiger charge is 2.06. The van der Waals surface area contributed by atoms with Gasteiger partial charge < -0.3 is 10.1 Å². The van der Waals surface area contributed by atoms with E-state index in [1.165, 1.54) is 12.3 Å². The lowest BCUT2D eigenvalue weighted by molar-refractivity contribution is 0.619. The molecule has 0 amide bonds. The number of rotatable bonds is 2. The molecule has 2 N–H and O–H groups in total. The summed E-state index contributed by atoms with van der Waals surface area (Å²) in [6, 6.07) is 1.25. The van der Waals surface area contributed by atoms with Gasteiger partial charge in [-0.2, -0.15) is 0 Å². The van der Waals surface area contributed by atoms with Crippen molar-refractivity contribution in [3.05, 3.63) is 35.0 Å². The highest BCUT2D eigenvalue weighted by atomic mass is 35.5. The normalized spacial score (nSPS) is 11.1. The second kappa shape index (κ2) is 3.55. The number of halogens is 2. The monoisotopic (exact) mass is 213 g/mol. The molecule has 0 atom stereocenters. The van der Waals surface area contributed by atoms with E-state index in [4.69, 9.17) is 17.3 Å². The van der Waals surface area contributed by atoms with E-state index in [1.54, 1.807) is 10.6 Å². The van der Waals surface area contributed by atoms with E-state index in [1.807, 2.05) is 0 Å². The first kappa shape index (κ1) is 9.43. The largest absolute Gasteiger partial charge is 0.330 e. The Kier molecular flexibility index (Phi) is 2.39. The van der Waals surface area contributed by atoms with E-state index in [0.717, 1.165) is 5.69 Å². The highest BCUT2D eigenvalue weighted by molar-refractivity contribution is 6.33. The first-order valence-electron chi connectivity index (χ1n) is 4.23. The third-order valence-electron chi connectivity index (χ3n) is 1.92. The van der Waals surface area contributed by atoms with Crippen LogP contribution in [0.5, 0.6) is 0 Å². The molecule has 0 aliphatic heterocycles. The minimum atomic E-state index is -0.376. The van der Waals surface area contributed by atoms with E-state index >= 15 is 0 Å². The van der Waals surface area contributed by atoms with Crippen molar-refractivity contribution in [3.8, 4) is 0 Å². The van der Waals surface area contributed by atoms with Crippen LogP contribution in [0.1, 0.15) is 5.69 Å². The molecule has 2 rings (SSSR count). The lowest BCUT2D eigenvalue weighted by atomic mass is 10.3. The SMILES string of the molecule is NCCc1cn2cc(F)cc(Cl)c2n1. The van der Waals surface area contributed by atoms with Crippen molar-refractivity contribution in [2.75, 3.05) is 6.54 Å². The molecule has 74 valence electrons. The summed E-state index contributed by atoms with van der Waals surface area (Å²) in [5.74, 6) is -0.376. The van der Waals surface area contributed by atoms with Crippen molar-refractivity contribution in [2.45, 2.75) is 6.42 Å². The van der Waals surface area contributed by atoms with Crippen molar-refractivity contribution in [2.24, 2.45) is 5.73 Å². The van der Waals surface area contributed by atoms with E-state index in [-0.39, 0.29) is 5.82 Å². The first-order valence-corrected chi connectivity index (χ1v) is 4.61. The highest BCUT2D eigenvalue weighted by Crippen LogP contribution is 2.18. The number of imidazole rings is 1. The molecule has 0 aliphatic carbocycles. The molecule has 2 aromatic rings. The number of fused-ring (bicyclic) bond motifs is 1. The van der Waals surface area contributed by atoms with Gasteiger partial charge in [0.25, 0.3) is 0 Å². The van der Waals surface area contributed by atoms with Crippen LogP contribution < -0.4 is 5.73 Å². The summed E-state index contributed by atoms with van der Waals surface area (Å²) in [7, 11) is 0. The molecule has 0 saturated heterocycles. The molecular weight excluding hydrogens is 205 g/mol. The number of pyridine rings is 1. The third kappa shape index (κ3) is 1.58. The fourth-order valence-electron chi connectivity index (χ4n) is 1.34. The minimum absolute atomic E-state index is 0.313. The summed E-state index contributed by atoms with van der Waals surface area (Å²) in [6.45, 7) is 0.518. The molecule has 3 nitrogen and oxygen atoms in total. The van der Waals surface area contributed by atoms with Crippen molar-refractivity contribution in [3.63, 3.8) is 0 Å². The number of hydrogen-bond acceptors (Lipinski definition) is 2. The maximum Gasteiger partial charge on any atom is 0.156 e. The first-order chi connectivity index (χ1) is 6.70. The topological polar surface area (TPSA) is 43.3 Å². The van der Waals surface area contributed by atoms with E-state index in [0.29, 0.717) is 23.6 Å². The molecule has 0 unspecified atom stereocenters. The Balaban J connectivity index is 2.58. The van der Waals surface area contributed by atoms with Crippen LogP contribution >= 0.6 is 11.6 Å². The van der Waals surface area contributed by atoms with Crippen molar-refractivity contribution in [1.29, 1.82) is 0 Å². The van der Waals surface area contributed by atoms with Crippen molar-refractivity contribution < 1.29 is 4.39 Å². The van der Waals surface area contributed by atoms with E-state index in [9.17, 15) is 4.39 Å². The second-order valence-electron chi connectivity index (χ2n) is 3.01. The second-order valence-corrected chi connectivity index (χ2v) is 3.42. The molecule has 0 saturated carbocycles. The summed E-state index contributed by atoms with van der Waals surface area (Å²) in [4.78, 5) is 4.23. The molecule has 0 aliphatic rings. The summed E-state index contributed by atoms with van der Waals surface area (Å²) in [6.07, 6.45) is 3.74. The number of aromatic nitrogens is 2. The van der Waals surface area contributed by atoms with Gasteiger partial charge in [0.1, 0.15) is 5.82 Å². The summed E-state index contributed by atoms with van der Waals surface area (Å²) < 4.78 is 14.5. The van der Waals surface area contributed by atoms with Crippen molar-refractivity contribution >= 4 is 17.2 Å². The van der Waals surface area contributed by atoms with Crippen molar-refractivity contribution in [1.82, 2.24) is 9.38 Å². The van der Waals surface area contributed by atoms with Gasteiger partial charge in [-0.05, 0) is 12.6 Å². The van der Waals surface area contributed by atoms with Gasteiger partial charge in [0.15, 0.2) is 5.65 Å². The standard InChI is InChI=1S/C9H9ClFN3/c10-8-3-6(11)4-14-5-7(1-2-12)13-9(8)14/h3-5H,1-2,12H2. The van der Waals surface area contributed by atoms with Crippen LogP contribution in [-0.4, -0.2) is 15.9 Å². The predicted molar refractivity (Wildman–Crippen MR) is 52.9 cm³/mol. The average Bonchev–Trinajstić information content (AvgIpc) is 2.48. The molecule has 14 heavy (non-hydrogen) atoms. The van der Waals surface area contributed by atoms with Gasteiger partial charge in [-0.1, -0.05) is 11.6 Å². The zero-order valence-corrected chi connectivity index (χ0v) is 8.13. The van der Waals surface area contributed by atoms with Gasteiger partial charge in [0, 0.05) is 18.8 Å². The van der Waals surface area contributed by atoms with Crippen LogP contribution in [-0.2, 0) is 6.42 Å². The number of nitrogens with two attached hydrogens (primary N) is 1. The lowest BCUT2D eigenvalue weighted by Gasteiger charge is -1.94. The quantitative estimate of drug-likeness (QED) is 0.824. The Morgan fingerprint density at radius 1 is 1.50 bits per heavy atom. The molecule has 2 heterocycles. The van der Waals surface area contributed by atoms with E-state index in [2.05, 4.69) is 4.98 Å². The summed E-state index contributed by atoms with van der Waals surface area (Å²) in [5, 5.41) is 0.313. The molecule has 0 aromatic carbocycles. The third-order valence-corrected chi connectivity index (χ3v) is 2.20. The zero-order chi connectivity index (χ0) is 10.1. The van der Waals surface area contributed by atoms with Crippen LogP contribution in [0.2, 0.25) is 5.02 Å². The number of hydrogen-bond donors (Lipinski definition) is 1. The van der Waals surface area contributed by atoms with Crippen LogP contribution in [0.15, 0.2) is 18.5 Å². The lowest BCUT2D eigenvalue weighted by Crippen LogP contribution is -2.02. The Bertz CT molecular complexity index is 466. The molecule has 0 fully saturated rings. The van der Waals surface area contributed by atoms with Crippen LogP contribution in [0, 0.1) is 5.82 Å². The van der Waals surface area contributed by atoms with Crippen LogP contribution in [0.4, 0.5) is 4.39 Å². The fraction of sp³-hybridized carbons (Fsp3) is 0.222. The zero-order valence-electron chi connectivity index (χ0n) is 7.37. The molecule has 5 heteroatoms. The molecule has 2 aromatic heterocycles. The maximum atomic E-state index is 12.9. The maximum absolute atomic E-state index is 12.9. The number of nitrogens with zero attached hydrogens (tertiary/aromatic N) is 2. The predicted octanol–water partition coefficient (Wildman–Crippen LogP) is 1.63. The van der Waals surface area contributed by atoms with Gasteiger partial charge in [0.2, 0.25) is 0 Å². The van der Waals surface area contributed by atoms with E-state index < -0.39 is 0 Å². The molecule has 0 bridgehead atoms. The van der Waals surface area contributed by atoms with Gasteiger partial charge >= 0.3 is 0 Å². The van der Waals surface area contributed by atoms with Crippen LogP contribution in [0.25, 0.3) is 5.65 Å². The summed E-state index contributed by atoms with van der Waals surface area (Å²) in [5.41, 5.74) is 6.78. The Labute approximate surface area is 85.3 Å². The van der Waals surface area contributed by atoms with Gasteiger partial charge in [-0.3, -0.25) is 0 Å². The average molecular weight is 214 g/mol. The van der Waals surface area contributed by atoms with Crippen LogP contribution in [0.3, 0.4) is 0 Å². The smallest absolute Gasteiger partial charge is 0.156 e. The Morgan fingerprint density at radius 2 is 2.29 bits per heavy atom. The molecule has 0 radical (unpaired) electrons. The fourth-order valence-corrected chi connectivity index (χ4v) is 1.59. The molecule has 0 spiro atoms. The Morgan fingerprint density at radius 3 is 3.00 bits per heavy atom. The molecular formula is C9H9ClFN3. The Hall–Kier alpha value is -1.13. The summed E-state index contributed by atoms with van der Waals surface area (Å²) >= 11 is 5.82. The van der Waals surface area contributed by atoms with Gasteiger partial charge in [0.05, 0.1) is 10.7 Å². The van der Waals surface area contributed by atoms with Gasteiger partial charge in [-0.15, -0.1) is 0 Å². The van der Waals surface area contributed by atoms with Gasteiger partial charge in [-0.25, -0.2) is 9.37 Å². The minimum Gasteiger partial charge on any atom is -0.330 e.